The van der Waals surface area contributed by atoms with Crippen LogP contribution in [0.3, 0.4) is 0 Å². The third-order valence-electron chi connectivity index (χ3n) is 2.73. The normalized spacial score (nSPS) is 10.4. The second-order valence-corrected chi connectivity index (χ2v) is 3.56. The Hall–Kier alpha value is -1.72. The van der Waals surface area contributed by atoms with Gasteiger partial charge in [-0.15, -0.1) is 0 Å². The van der Waals surface area contributed by atoms with Crippen LogP contribution in [0.25, 0.3) is 0 Å². The number of nitrogens with zero attached hydrogens (tertiary/aromatic N) is 3. The van der Waals surface area contributed by atoms with Crippen molar-refractivity contribution < 1.29 is 9.53 Å². The molecule has 1 aromatic rings. The van der Waals surface area contributed by atoms with Crippen molar-refractivity contribution in [1.29, 1.82) is 0 Å². The van der Waals surface area contributed by atoms with Crippen LogP contribution in [0.5, 0.6) is 0 Å². The molecule has 0 spiro atoms. The predicted octanol–water partition coefficient (Wildman–Crippen LogP) is 1.12. The molecule has 6 nitrogen and oxygen atoms in total. The molecule has 96 valence electrons. The summed E-state index contributed by atoms with van der Waals surface area (Å²) in [6, 6.07) is 0. The zero-order valence-electron chi connectivity index (χ0n) is 10.9. The van der Waals surface area contributed by atoms with Gasteiger partial charge >= 0.3 is 5.97 Å². The second-order valence-electron chi connectivity index (χ2n) is 3.56. The van der Waals surface area contributed by atoms with E-state index in [0.29, 0.717) is 23.7 Å². The summed E-state index contributed by atoms with van der Waals surface area (Å²) in [5, 5.41) is 4.36. The Kier molecular flexibility index (Phi) is 4.37. The number of ether oxygens (including phenoxy) is 1. The van der Waals surface area contributed by atoms with Crippen molar-refractivity contribution in [3.05, 3.63) is 5.56 Å². The molecule has 0 amide bonds. The van der Waals surface area contributed by atoms with Crippen LogP contribution in [-0.2, 0) is 11.3 Å². The first-order chi connectivity index (χ1) is 8.10. The van der Waals surface area contributed by atoms with Gasteiger partial charge in [0.25, 0.3) is 0 Å². The largest absolute Gasteiger partial charge is 0.465 e. The number of esters is 1. The minimum absolute atomic E-state index is 0.359. The number of anilines is 2. The monoisotopic (exact) mass is 240 g/mol. The molecular formula is C11H20N4O2. The topological polar surface area (TPSA) is 73.4 Å². The zero-order chi connectivity index (χ0) is 13.0. The Morgan fingerprint density at radius 3 is 2.41 bits per heavy atom. The van der Waals surface area contributed by atoms with Gasteiger partial charge in [0, 0.05) is 19.6 Å². The van der Waals surface area contributed by atoms with Gasteiger partial charge < -0.3 is 15.4 Å². The average molecular weight is 240 g/mol. The number of aromatic nitrogens is 2. The lowest BCUT2D eigenvalue weighted by Crippen LogP contribution is -2.24. The van der Waals surface area contributed by atoms with E-state index in [1.165, 1.54) is 7.11 Å². The van der Waals surface area contributed by atoms with Crippen LogP contribution in [0.2, 0.25) is 0 Å². The highest BCUT2D eigenvalue weighted by atomic mass is 16.5. The van der Waals surface area contributed by atoms with Crippen LogP contribution in [-0.4, -0.2) is 35.9 Å². The van der Waals surface area contributed by atoms with Gasteiger partial charge in [0.05, 0.1) is 7.11 Å². The fraction of sp³-hybridized carbons (Fsp3) is 0.636. The molecule has 1 aromatic heterocycles. The lowest BCUT2D eigenvalue weighted by atomic mass is 10.2. The molecule has 0 fully saturated rings. The summed E-state index contributed by atoms with van der Waals surface area (Å²) >= 11 is 0. The van der Waals surface area contributed by atoms with Crippen molar-refractivity contribution in [2.75, 3.05) is 30.8 Å². The highest BCUT2D eigenvalue weighted by Crippen LogP contribution is 2.25. The van der Waals surface area contributed by atoms with E-state index < -0.39 is 5.97 Å². The van der Waals surface area contributed by atoms with Crippen LogP contribution in [0.1, 0.15) is 31.1 Å². The molecule has 1 rings (SSSR count). The maximum Gasteiger partial charge on any atom is 0.345 e. The molecule has 6 heteroatoms. The maximum absolute atomic E-state index is 11.7. The summed E-state index contributed by atoms with van der Waals surface area (Å²) in [4.78, 5) is 13.7. The smallest absolute Gasteiger partial charge is 0.345 e. The molecule has 1 heterocycles. The van der Waals surface area contributed by atoms with Crippen molar-refractivity contribution in [3.63, 3.8) is 0 Å². The van der Waals surface area contributed by atoms with Gasteiger partial charge in [0.2, 0.25) is 0 Å². The fourth-order valence-corrected chi connectivity index (χ4v) is 1.75. The Morgan fingerprint density at radius 2 is 2.00 bits per heavy atom. The van der Waals surface area contributed by atoms with Gasteiger partial charge in [-0.1, -0.05) is 0 Å². The highest BCUT2D eigenvalue weighted by molar-refractivity contribution is 5.99. The van der Waals surface area contributed by atoms with E-state index in [1.54, 1.807) is 4.68 Å². The number of methoxy groups -OCH3 is 1. The lowest BCUT2D eigenvalue weighted by Gasteiger charge is -2.18. The third-order valence-corrected chi connectivity index (χ3v) is 2.73. The van der Waals surface area contributed by atoms with Gasteiger partial charge in [-0.05, 0) is 20.8 Å². The van der Waals surface area contributed by atoms with Gasteiger partial charge in [-0.3, -0.25) is 0 Å². The van der Waals surface area contributed by atoms with Gasteiger partial charge in [0.1, 0.15) is 11.4 Å². The molecule has 0 unspecified atom stereocenters. The molecule has 2 N–H and O–H groups in total. The van der Waals surface area contributed by atoms with Gasteiger partial charge in [-0.2, -0.15) is 5.10 Å². The quantitative estimate of drug-likeness (QED) is 0.781. The first-order valence-corrected chi connectivity index (χ1v) is 5.80. The Labute approximate surface area is 101 Å². The number of aryl methyl sites for hydroxylation is 1. The first kappa shape index (κ1) is 13.3. The Balaban J connectivity index is 3.32. The molecule has 0 saturated heterocycles. The molecule has 0 aromatic carbocycles. The predicted molar refractivity (Wildman–Crippen MR) is 67.2 cm³/mol. The summed E-state index contributed by atoms with van der Waals surface area (Å²) in [5.74, 6) is 0.520. The number of rotatable bonds is 5. The summed E-state index contributed by atoms with van der Waals surface area (Å²) in [7, 11) is 1.34. The number of carbonyl (C=O) groups excluding carboxylic acids is 1. The standard InChI is InChI=1S/C11H20N4O2/c1-5-14(6-2)10-8(11(16)17-4)9(12)15(7-3)13-10/h5-7,12H2,1-4H3. The second kappa shape index (κ2) is 5.56. The number of nitrogen functional groups attached to an aromatic ring is 1. The summed E-state index contributed by atoms with van der Waals surface area (Å²) in [6.07, 6.45) is 0. The molecule has 0 aliphatic rings. The Morgan fingerprint density at radius 1 is 1.41 bits per heavy atom. The molecule has 0 aliphatic heterocycles. The molecule has 0 aliphatic carbocycles. The molecule has 0 atom stereocenters. The molecule has 0 saturated carbocycles. The number of nitrogens with two attached hydrogens (primary N) is 1. The van der Waals surface area contributed by atoms with E-state index in [-0.39, 0.29) is 0 Å². The van der Waals surface area contributed by atoms with Crippen LogP contribution < -0.4 is 10.6 Å². The fourth-order valence-electron chi connectivity index (χ4n) is 1.75. The molecule has 0 bridgehead atoms. The van der Waals surface area contributed by atoms with Crippen LogP contribution in [0.15, 0.2) is 0 Å². The number of hydrogen-bond donors (Lipinski definition) is 1. The lowest BCUT2D eigenvalue weighted by molar-refractivity contribution is 0.0602. The minimum Gasteiger partial charge on any atom is -0.465 e. The van der Waals surface area contributed by atoms with Crippen LogP contribution >= 0.6 is 0 Å². The maximum atomic E-state index is 11.7. The molecular weight excluding hydrogens is 220 g/mol. The van der Waals surface area contributed by atoms with Gasteiger partial charge in [-0.25, -0.2) is 9.48 Å². The van der Waals surface area contributed by atoms with Gasteiger partial charge in [0.15, 0.2) is 5.82 Å². The minimum atomic E-state index is -0.441. The first-order valence-electron chi connectivity index (χ1n) is 5.80. The molecule has 17 heavy (non-hydrogen) atoms. The third kappa shape index (κ3) is 2.35. The van der Waals surface area contributed by atoms with Crippen LogP contribution in [0.4, 0.5) is 11.6 Å². The van der Waals surface area contributed by atoms with E-state index in [0.717, 1.165) is 13.1 Å². The SMILES string of the molecule is CCN(CC)c1nn(CC)c(N)c1C(=O)OC. The van der Waals surface area contributed by atoms with Crippen LogP contribution in [0, 0.1) is 0 Å². The molecule has 0 radical (unpaired) electrons. The Bertz CT molecular complexity index is 396. The summed E-state index contributed by atoms with van der Waals surface area (Å²) in [5.41, 5.74) is 6.27. The van der Waals surface area contributed by atoms with Crippen molar-refractivity contribution >= 4 is 17.6 Å². The van der Waals surface area contributed by atoms with E-state index in [1.807, 2.05) is 25.7 Å². The van der Waals surface area contributed by atoms with Crippen molar-refractivity contribution in [1.82, 2.24) is 9.78 Å². The number of carbonyl (C=O) groups is 1. The summed E-state index contributed by atoms with van der Waals surface area (Å²) in [6.45, 7) is 8.09. The van der Waals surface area contributed by atoms with E-state index in [9.17, 15) is 4.79 Å². The average Bonchev–Trinajstić information content (AvgIpc) is 2.67. The van der Waals surface area contributed by atoms with Crippen molar-refractivity contribution in [2.45, 2.75) is 27.3 Å². The van der Waals surface area contributed by atoms with E-state index in [2.05, 4.69) is 5.10 Å². The van der Waals surface area contributed by atoms with E-state index in [4.69, 9.17) is 10.5 Å². The summed E-state index contributed by atoms with van der Waals surface area (Å²) < 4.78 is 6.37. The number of hydrogen-bond acceptors (Lipinski definition) is 5. The van der Waals surface area contributed by atoms with Crippen molar-refractivity contribution in [3.8, 4) is 0 Å². The van der Waals surface area contributed by atoms with Crippen molar-refractivity contribution in [2.24, 2.45) is 0 Å². The highest BCUT2D eigenvalue weighted by Gasteiger charge is 2.25. The van der Waals surface area contributed by atoms with E-state index >= 15 is 0 Å². The zero-order valence-corrected chi connectivity index (χ0v) is 10.9.